The van der Waals surface area contributed by atoms with Crippen LogP contribution in [0.15, 0.2) is 0 Å². The van der Waals surface area contributed by atoms with Crippen LogP contribution in [0.2, 0.25) is 0 Å². The van der Waals surface area contributed by atoms with Crippen LogP contribution in [0.25, 0.3) is 0 Å². The van der Waals surface area contributed by atoms with Gasteiger partial charge in [-0.3, -0.25) is 0 Å². The summed E-state index contributed by atoms with van der Waals surface area (Å²) in [5.41, 5.74) is 0. The maximum Gasteiger partial charge on any atom is 0.300 e. The summed E-state index contributed by atoms with van der Waals surface area (Å²) in [4.78, 5) is 0. The Morgan fingerprint density at radius 2 is 1.54 bits per heavy atom. The van der Waals surface area contributed by atoms with Gasteiger partial charge in [0.15, 0.2) is 4.71 Å². The molecule has 0 N–H and O–H groups in total. The maximum absolute atomic E-state index is 11.9. The van der Waals surface area contributed by atoms with Crippen LogP contribution in [0.4, 0.5) is 19.4 Å². The van der Waals surface area contributed by atoms with Gasteiger partial charge >= 0.3 is 0 Å². The molecular formula is C6H12ClF5S. The molecule has 0 saturated carbocycles. The zero-order chi connectivity index (χ0) is 10.8. The quantitative estimate of drug-likeness (QED) is 0.345. The van der Waals surface area contributed by atoms with E-state index in [2.05, 4.69) is 11.6 Å². The molecule has 0 fully saturated rings. The van der Waals surface area contributed by atoms with E-state index < -0.39 is 21.4 Å². The van der Waals surface area contributed by atoms with E-state index in [0.717, 1.165) is 0 Å². The van der Waals surface area contributed by atoms with Gasteiger partial charge in [-0.25, -0.2) is 0 Å². The Kier molecular flexibility index (Phi) is 3.22. The van der Waals surface area contributed by atoms with Gasteiger partial charge in [0.2, 0.25) is 0 Å². The van der Waals surface area contributed by atoms with Crippen molar-refractivity contribution >= 4 is 21.8 Å². The molecule has 0 saturated heterocycles. The molecule has 7 heteroatoms. The molecule has 0 aliphatic rings. The second-order valence-electron chi connectivity index (χ2n) is 2.93. The molecule has 0 nitrogen and oxygen atoms in total. The lowest BCUT2D eigenvalue weighted by molar-refractivity contribution is 0.353. The SMILES string of the molecule is CCCCCC(Cl)S(F)(F)(F)(F)F. The van der Waals surface area contributed by atoms with E-state index in [1.54, 1.807) is 6.92 Å². The normalized spacial score (nSPS) is 20.5. The van der Waals surface area contributed by atoms with Crippen molar-refractivity contribution < 1.29 is 19.4 Å². The minimum Gasteiger partial charge on any atom is -0.101 e. The summed E-state index contributed by atoms with van der Waals surface area (Å²) in [6.45, 7) is 1.77. The molecule has 0 rings (SSSR count). The third-order valence-corrected chi connectivity index (χ3v) is 3.95. The van der Waals surface area contributed by atoms with Crippen LogP contribution in [0.3, 0.4) is 0 Å². The van der Waals surface area contributed by atoms with Crippen molar-refractivity contribution in [3.63, 3.8) is 0 Å². The van der Waals surface area contributed by atoms with E-state index in [9.17, 15) is 19.4 Å². The van der Waals surface area contributed by atoms with Crippen LogP contribution < -0.4 is 0 Å². The fraction of sp³-hybridized carbons (Fsp3) is 1.00. The molecule has 0 amide bonds. The molecule has 13 heavy (non-hydrogen) atoms. The van der Waals surface area contributed by atoms with Crippen molar-refractivity contribution in [1.82, 2.24) is 0 Å². The number of unbranched alkanes of at least 4 members (excludes halogenated alkanes) is 2. The minimum absolute atomic E-state index is 0.0796. The van der Waals surface area contributed by atoms with Gasteiger partial charge in [0.1, 0.15) is 0 Å². The minimum atomic E-state index is -9.44. The number of hydrogen-bond donors (Lipinski definition) is 0. The Morgan fingerprint density at radius 3 is 1.85 bits per heavy atom. The van der Waals surface area contributed by atoms with Gasteiger partial charge in [0, 0.05) is 0 Å². The first-order valence-electron chi connectivity index (χ1n) is 3.84. The fourth-order valence-electron chi connectivity index (χ4n) is 0.778. The second kappa shape index (κ2) is 3.15. The number of hydrogen-bond acceptors (Lipinski definition) is 0. The average Bonchev–Trinajstić information content (AvgIpc) is 1.83. The van der Waals surface area contributed by atoms with Crippen LogP contribution >= 0.6 is 21.8 Å². The van der Waals surface area contributed by atoms with Gasteiger partial charge in [0.05, 0.1) is 0 Å². The zero-order valence-corrected chi connectivity index (χ0v) is 8.65. The largest absolute Gasteiger partial charge is 0.300 e. The molecule has 0 bridgehead atoms. The lowest BCUT2D eigenvalue weighted by Gasteiger charge is -2.44. The predicted molar refractivity (Wildman–Crippen MR) is 46.9 cm³/mol. The Labute approximate surface area is 79.2 Å². The Morgan fingerprint density at radius 1 is 1.08 bits per heavy atom. The summed E-state index contributed by atoms with van der Waals surface area (Å²) >= 11 is 4.65. The van der Waals surface area contributed by atoms with Crippen molar-refractivity contribution in [2.45, 2.75) is 37.3 Å². The summed E-state index contributed by atoms with van der Waals surface area (Å²) in [7, 11) is -9.44. The molecule has 0 aromatic heterocycles. The van der Waals surface area contributed by atoms with E-state index in [1.807, 2.05) is 0 Å². The van der Waals surface area contributed by atoms with Gasteiger partial charge in [-0.05, 0) is 6.42 Å². The highest BCUT2D eigenvalue weighted by molar-refractivity contribution is 8.46. The first kappa shape index (κ1) is 13.3. The highest BCUT2D eigenvalue weighted by Crippen LogP contribution is 3.01. The molecule has 1 unspecified atom stereocenters. The molecule has 0 aliphatic carbocycles. The molecule has 0 radical (unpaired) electrons. The summed E-state index contributed by atoms with van der Waals surface area (Å²) in [6, 6.07) is 0. The maximum atomic E-state index is 11.9. The van der Waals surface area contributed by atoms with Crippen LogP contribution in [-0.2, 0) is 0 Å². The van der Waals surface area contributed by atoms with Gasteiger partial charge < -0.3 is 0 Å². The molecule has 0 aromatic rings. The van der Waals surface area contributed by atoms with Crippen LogP contribution in [0.5, 0.6) is 0 Å². The van der Waals surface area contributed by atoms with E-state index >= 15 is 0 Å². The van der Waals surface area contributed by atoms with Crippen molar-refractivity contribution in [3.05, 3.63) is 0 Å². The lowest BCUT2D eigenvalue weighted by atomic mass is 10.2. The van der Waals surface area contributed by atoms with E-state index in [1.165, 1.54) is 0 Å². The lowest BCUT2D eigenvalue weighted by Crippen LogP contribution is -2.19. The highest BCUT2D eigenvalue weighted by atomic mass is 35.5. The van der Waals surface area contributed by atoms with Crippen molar-refractivity contribution in [2.24, 2.45) is 0 Å². The highest BCUT2D eigenvalue weighted by Gasteiger charge is 2.69. The van der Waals surface area contributed by atoms with Gasteiger partial charge in [0.25, 0.3) is 10.2 Å². The molecular weight excluding hydrogens is 235 g/mol. The van der Waals surface area contributed by atoms with Crippen LogP contribution in [-0.4, -0.2) is 4.71 Å². The topological polar surface area (TPSA) is 0 Å². The summed E-state index contributed by atoms with van der Waals surface area (Å²) in [5, 5.41) is 0. The first-order valence-corrected chi connectivity index (χ1v) is 6.29. The molecule has 0 aliphatic heterocycles. The Hall–Kier alpha value is 0.290. The third-order valence-electron chi connectivity index (χ3n) is 1.52. The third kappa shape index (κ3) is 5.57. The van der Waals surface area contributed by atoms with Crippen LogP contribution in [0, 0.1) is 0 Å². The fourth-order valence-corrected chi connectivity index (χ4v) is 1.54. The van der Waals surface area contributed by atoms with Crippen molar-refractivity contribution in [3.8, 4) is 0 Å². The summed E-state index contributed by atoms with van der Waals surface area (Å²) in [6.07, 6.45) is 0.532. The smallest absolute Gasteiger partial charge is 0.101 e. The Balaban J connectivity index is 4.20. The van der Waals surface area contributed by atoms with Gasteiger partial charge in [-0.1, -0.05) is 45.6 Å². The second-order valence-corrected chi connectivity index (χ2v) is 6.35. The molecule has 1 atom stereocenters. The monoisotopic (exact) mass is 246 g/mol. The first-order chi connectivity index (χ1) is 5.47. The molecule has 0 heterocycles. The average molecular weight is 247 g/mol. The van der Waals surface area contributed by atoms with E-state index in [4.69, 9.17) is 0 Å². The van der Waals surface area contributed by atoms with Gasteiger partial charge in [-0.2, -0.15) is 0 Å². The van der Waals surface area contributed by atoms with Gasteiger partial charge in [-0.15, -0.1) is 11.6 Å². The van der Waals surface area contributed by atoms with E-state index in [0.29, 0.717) is 12.8 Å². The van der Waals surface area contributed by atoms with Crippen LogP contribution in [0.1, 0.15) is 32.6 Å². The molecule has 0 aromatic carbocycles. The number of alkyl halides is 1. The Bertz CT molecular complexity index is 172. The predicted octanol–water partition coefficient (Wildman–Crippen LogP) is 5.43. The molecule has 84 valence electrons. The summed E-state index contributed by atoms with van der Waals surface area (Å²) < 4.78 is 56.5. The zero-order valence-electron chi connectivity index (χ0n) is 7.08. The van der Waals surface area contributed by atoms with Crippen molar-refractivity contribution in [1.29, 1.82) is 0 Å². The number of halogens is 6. The van der Waals surface area contributed by atoms with E-state index in [-0.39, 0.29) is 6.42 Å². The molecule has 0 spiro atoms. The number of rotatable bonds is 5. The summed E-state index contributed by atoms with van der Waals surface area (Å²) in [5.74, 6) is 0. The standard InChI is InChI=1S/C6H12ClF5S/c1-2-3-4-5-6(7)13(8,9,10,11)12/h6H,2-5H2,1H3. The van der Waals surface area contributed by atoms with Crippen molar-refractivity contribution in [2.75, 3.05) is 0 Å².